The normalized spacial score (nSPS) is 26.5. The number of nitrogens with one attached hydrogen (secondary N) is 1. The second-order valence-electron chi connectivity index (χ2n) is 6.64. The lowest BCUT2D eigenvalue weighted by molar-refractivity contribution is 0.0350. The van der Waals surface area contributed by atoms with Crippen molar-refractivity contribution in [3.05, 3.63) is 40.7 Å². The number of nitrogens with zero attached hydrogens (tertiary/aromatic N) is 3. The van der Waals surface area contributed by atoms with Crippen molar-refractivity contribution in [2.45, 2.75) is 18.9 Å². The SMILES string of the molecule is CN(C=C(N=N)c1ccc(-c2cccs2)s1)C1CN2CCC1CC2. The monoisotopic (exact) mass is 358 g/mol. The molecule has 5 heterocycles. The van der Waals surface area contributed by atoms with Gasteiger partial charge in [0.05, 0.1) is 4.88 Å². The second-order valence-corrected chi connectivity index (χ2v) is 8.67. The van der Waals surface area contributed by atoms with Crippen LogP contribution in [0.4, 0.5) is 0 Å². The van der Waals surface area contributed by atoms with Crippen LogP contribution >= 0.6 is 22.7 Å². The van der Waals surface area contributed by atoms with Crippen molar-refractivity contribution < 1.29 is 0 Å². The first-order valence-electron chi connectivity index (χ1n) is 8.42. The molecule has 0 radical (unpaired) electrons. The van der Waals surface area contributed by atoms with Gasteiger partial charge >= 0.3 is 0 Å². The summed E-state index contributed by atoms with van der Waals surface area (Å²) < 4.78 is 0. The highest BCUT2D eigenvalue weighted by molar-refractivity contribution is 7.21. The Labute approximate surface area is 150 Å². The fourth-order valence-corrected chi connectivity index (χ4v) is 5.65. The van der Waals surface area contributed by atoms with E-state index in [-0.39, 0.29) is 0 Å². The quantitative estimate of drug-likeness (QED) is 0.778. The first-order valence-corrected chi connectivity index (χ1v) is 10.1. The lowest BCUT2D eigenvalue weighted by atomic mass is 9.83. The number of thiophene rings is 2. The number of piperidine rings is 3. The van der Waals surface area contributed by atoms with Gasteiger partial charge in [0.15, 0.2) is 0 Å². The van der Waals surface area contributed by atoms with Crippen molar-refractivity contribution in [2.24, 2.45) is 11.0 Å². The van der Waals surface area contributed by atoms with E-state index in [1.54, 1.807) is 22.7 Å². The highest BCUT2D eigenvalue weighted by Crippen LogP contribution is 2.36. The molecule has 4 nitrogen and oxygen atoms in total. The van der Waals surface area contributed by atoms with Crippen molar-refractivity contribution in [3.63, 3.8) is 0 Å². The summed E-state index contributed by atoms with van der Waals surface area (Å²) in [7, 11) is 2.14. The van der Waals surface area contributed by atoms with E-state index >= 15 is 0 Å². The van der Waals surface area contributed by atoms with Crippen molar-refractivity contribution >= 4 is 28.4 Å². The molecule has 6 heteroatoms. The van der Waals surface area contributed by atoms with Gasteiger partial charge < -0.3 is 9.80 Å². The smallest absolute Gasteiger partial charge is 0.118 e. The first kappa shape index (κ1) is 16.0. The Balaban J connectivity index is 1.54. The predicted molar refractivity (Wildman–Crippen MR) is 101 cm³/mol. The molecule has 2 aromatic heterocycles. The Bertz CT molecular complexity index is 726. The molecule has 5 rings (SSSR count). The summed E-state index contributed by atoms with van der Waals surface area (Å²) in [4.78, 5) is 8.46. The van der Waals surface area contributed by atoms with Crippen molar-refractivity contribution in [1.29, 1.82) is 5.53 Å². The van der Waals surface area contributed by atoms with Crippen LogP contribution in [0.1, 0.15) is 17.7 Å². The van der Waals surface area contributed by atoms with Gasteiger partial charge in [-0.1, -0.05) is 6.07 Å². The van der Waals surface area contributed by atoms with Crippen LogP contribution in [0.5, 0.6) is 0 Å². The summed E-state index contributed by atoms with van der Waals surface area (Å²) in [6.45, 7) is 3.65. The molecule has 3 aliphatic heterocycles. The van der Waals surface area contributed by atoms with Crippen molar-refractivity contribution in [2.75, 3.05) is 26.7 Å². The average molecular weight is 359 g/mol. The maximum atomic E-state index is 7.62. The van der Waals surface area contributed by atoms with E-state index in [1.807, 2.05) is 0 Å². The molecule has 2 bridgehead atoms. The van der Waals surface area contributed by atoms with E-state index in [0.29, 0.717) is 6.04 Å². The highest BCUT2D eigenvalue weighted by Gasteiger charge is 2.35. The molecule has 0 aromatic carbocycles. The van der Waals surface area contributed by atoms with Gasteiger partial charge in [0.1, 0.15) is 5.70 Å². The van der Waals surface area contributed by atoms with Crippen molar-refractivity contribution in [1.82, 2.24) is 9.80 Å². The molecule has 0 saturated carbocycles. The van der Waals surface area contributed by atoms with Crippen LogP contribution in [0.2, 0.25) is 0 Å². The van der Waals surface area contributed by atoms with Crippen LogP contribution in [0, 0.1) is 11.4 Å². The molecular weight excluding hydrogens is 336 g/mol. The number of likely N-dealkylation sites (N-methyl/N-ethyl adjacent to an activating group) is 1. The third-order valence-electron chi connectivity index (χ3n) is 5.21. The summed E-state index contributed by atoms with van der Waals surface area (Å²) in [5.41, 5.74) is 8.39. The van der Waals surface area contributed by atoms with Crippen LogP contribution in [-0.2, 0) is 0 Å². The number of rotatable bonds is 5. The lowest BCUT2D eigenvalue weighted by Crippen LogP contribution is -2.55. The zero-order chi connectivity index (χ0) is 16.5. The van der Waals surface area contributed by atoms with E-state index in [9.17, 15) is 0 Å². The molecule has 0 aliphatic carbocycles. The molecule has 2 aromatic rings. The summed E-state index contributed by atoms with van der Waals surface area (Å²) in [6, 6.07) is 9.00. The van der Waals surface area contributed by atoms with Gasteiger partial charge in [-0.15, -0.1) is 22.7 Å². The second kappa shape index (κ2) is 6.78. The third kappa shape index (κ3) is 3.06. The van der Waals surface area contributed by atoms with Crippen LogP contribution < -0.4 is 0 Å². The molecule has 3 saturated heterocycles. The maximum absolute atomic E-state index is 7.62. The zero-order valence-corrected chi connectivity index (χ0v) is 15.4. The van der Waals surface area contributed by atoms with E-state index in [4.69, 9.17) is 5.53 Å². The minimum Gasteiger partial charge on any atom is -0.374 e. The number of fused-ring (bicyclic) bond motifs is 3. The average Bonchev–Trinajstić information content (AvgIpc) is 3.31. The first-order chi connectivity index (χ1) is 11.7. The standard InChI is InChI=1S/C18H22N4S2/c1-21(15-12-22-8-6-13(15)7-9-22)11-14(20-19)16-4-5-18(24-16)17-3-2-10-23-17/h2-5,10-11,13,15,19H,6-9,12H2,1H3. The summed E-state index contributed by atoms with van der Waals surface area (Å²) >= 11 is 3.47. The van der Waals surface area contributed by atoms with Gasteiger partial charge in [0, 0.05) is 35.6 Å². The van der Waals surface area contributed by atoms with Gasteiger partial charge in [-0.25, -0.2) is 5.53 Å². The molecule has 1 atom stereocenters. The summed E-state index contributed by atoms with van der Waals surface area (Å²) in [6.07, 6.45) is 4.68. The van der Waals surface area contributed by atoms with E-state index in [2.05, 4.69) is 57.8 Å². The van der Waals surface area contributed by atoms with Crippen LogP contribution in [0.3, 0.4) is 0 Å². The van der Waals surface area contributed by atoms with Gasteiger partial charge in [-0.05, 0) is 55.4 Å². The number of hydrogen-bond donors (Lipinski definition) is 1. The topological polar surface area (TPSA) is 42.7 Å². The van der Waals surface area contributed by atoms with E-state index in [0.717, 1.165) is 23.0 Å². The highest BCUT2D eigenvalue weighted by atomic mass is 32.1. The molecule has 1 unspecified atom stereocenters. The lowest BCUT2D eigenvalue weighted by Gasteiger charge is -2.48. The Morgan fingerprint density at radius 1 is 1.29 bits per heavy atom. The Morgan fingerprint density at radius 2 is 2.12 bits per heavy atom. The molecule has 3 aliphatic rings. The van der Waals surface area contributed by atoms with Gasteiger partial charge in [-0.2, -0.15) is 5.11 Å². The fraction of sp³-hybridized carbons (Fsp3) is 0.444. The Morgan fingerprint density at radius 3 is 2.75 bits per heavy atom. The van der Waals surface area contributed by atoms with Crippen LogP contribution in [0.15, 0.2) is 41.0 Å². The molecule has 24 heavy (non-hydrogen) atoms. The summed E-state index contributed by atoms with van der Waals surface area (Å²) in [5, 5.41) is 5.92. The van der Waals surface area contributed by atoms with Gasteiger partial charge in [0.25, 0.3) is 0 Å². The Kier molecular flexibility index (Phi) is 4.52. The largest absolute Gasteiger partial charge is 0.374 e. The summed E-state index contributed by atoms with van der Waals surface area (Å²) in [5.74, 6) is 0.785. The van der Waals surface area contributed by atoms with E-state index < -0.39 is 0 Å². The van der Waals surface area contributed by atoms with E-state index in [1.165, 1.54) is 35.7 Å². The Hall–Kier alpha value is -1.50. The molecule has 0 amide bonds. The maximum Gasteiger partial charge on any atom is 0.118 e. The predicted octanol–water partition coefficient (Wildman–Crippen LogP) is 4.83. The molecule has 3 fully saturated rings. The van der Waals surface area contributed by atoms with Crippen molar-refractivity contribution in [3.8, 4) is 9.75 Å². The minimum absolute atomic E-state index is 0.556. The fourth-order valence-electron chi connectivity index (χ4n) is 3.86. The molecule has 1 N–H and O–H groups in total. The van der Waals surface area contributed by atoms with Crippen LogP contribution in [0.25, 0.3) is 15.5 Å². The van der Waals surface area contributed by atoms with Crippen LogP contribution in [-0.4, -0.2) is 42.5 Å². The van der Waals surface area contributed by atoms with Gasteiger partial charge in [0.2, 0.25) is 0 Å². The third-order valence-corrected chi connectivity index (χ3v) is 7.39. The number of hydrogen-bond acceptors (Lipinski definition) is 6. The van der Waals surface area contributed by atoms with Gasteiger partial charge in [-0.3, -0.25) is 0 Å². The molecule has 0 spiro atoms. The zero-order valence-electron chi connectivity index (χ0n) is 13.8. The minimum atomic E-state index is 0.556. The molecular formula is C18H22N4S2. The molecule has 126 valence electrons.